The molecule has 0 nitrogen and oxygen atoms in total. The molecule has 79 valence electrons. The highest BCUT2D eigenvalue weighted by molar-refractivity contribution is 4.74. The summed E-state index contributed by atoms with van der Waals surface area (Å²) in [5.41, 5.74) is 0. The van der Waals surface area contributed by atoms with Crippen LogP contribution >= 0.6 is 0 Å². The lowest BCUT2D eigenvalue weighted by molar-refractivity contribution is 0.462. The summed E-state index contributed by atoms with van der Waals surface area (Å²) in [6.45, 7) is 6.83. The minimum Gasteiger partial charge on any atom is -0.0654 e. The third-order valence-electron chi connectivity index (χ3n) is 2.66. The van der Waals surface area contributed by atoms with E-state index in [0.29, 0.717) is 0 Å². The van der Waals surface area contributed by atoms with Crippen LogP contribution in [0.4, 0.5) is 0 Å². The molecule has 0 bridgehead atoms. The smallest absolute Gasteiger partial charge is 0.0357 e. The highest BCUT2D eigenvalue weighted by Gasteiger charge is 2.05. The van der Waals surface area contributed by atoms with Crippen LogP contribution in [-0.2, 0) is 0 Å². The predicted octanol–water partition coefficient (Wildman–Crippen LogP) is 4.99. The lowest BCUT2D eigenvalue weighted by atomic mass is 9.92. The predicted molar refractivity (Wildman–Crippen MR) is 61.7 cm³/mol. The average Bonchev–Trinajstić information content (AvgIpc) is 2.13. The fraction of sp³-hybridized carbons (Fsp3) is 0.923. The van der Waals surface area contributed by atoms with E-state index in [1.807, 2.05) is 0 Å². The summed E-state index contributed by atoms with van der Waals surface area (Å²) < 4.78 is 0. The molecule has 0 saturated heterocycles. The average molecular weight is 183 g/mol. The topological polar surface area (TPSA) is 0 Å². The lowest BCUT2D eigenvalue weighted by Gasteiger charge is -2.14. The van der Waals surface area contributed by atoms with Gasteiger partial charge in [0, 0.05) is 0 Å². The van der Waals surface area contributed by atoms with Gasteiger partial charge < -0.3 is 0 Å². The standard InChI is InChI=1S/C13H27/c1-4-7-8-9-12-13(10-5-2)11-6-3/h10,13H,4-9,11-12H2,1-3H3. The third kappa shape index (κ3) is 8.33. The molecule has 13 heavy (non-hydrogen) atoms. The second-order valence-corrected chi connectivity index (χ2v) is 4.04. The van der Waals surface area contributed by atoms with E-state index < -0.39 is 0 Å². The molecular weight excluding hydrogens is 156 g/mol. The molecule has 0 aromatic heterocycles. The molecule has 0 rings (SSSR count). The van der Waals surface area contributed by atoms with Crippen molar-refractivity contribution in [2.75, 3.05) is 0 Å². The number of hydrogen-bond donors (Lipinski definition) is 0. The minimum absolute atomic E-state index is 0.909. The first-order valence-electron chi connectivity index (χ1n) is 6.18. The van der Waals surface area contributed by atoms with Gasteiger partial charge in [0.2, 0.25) is 0 Å². The van der Waals surface area contributed by atoms with Gasteiger partial charge in [0.05, 0.1) is 0 Å². The molecule has 1 radical (unpaired) electrons. The molecule has 0 aromatic rings. The molecule has 0 aliphatic carbocycles. The highest BCUT2D eigenvalue weighted by Crippen LogP contribution is 2.19. The summed E-state index contributed by atoms with van der Waals surface area (Å²) >= 11 is 0. The first kappa shape index (κ1) is 13.0. The van der Waals surface area contributed by atoms with Gasteiger partial charge >= 0.3 is 0 Å². The Morgan fingerprint density at radius 2 is 1.62 bits per heavy atom. The van der Waals surface area contributed by atoms with E-state index in [9.17, 15) is 0 Å². The molecule has 0 heterocycles. The zero-order valence-corrected chi connectivity index (χ0v) is 9.81. The van der Waals surface area contributed by atoms with Crippen molar-refractivity contribution in [2.24, 2.45) is 5.92 Å². The minimum atomic E-state index is 0.909. The van der Waals surface area contributed by atoms with Crippen LogP contribution in [0.3, 0.4) is 0 Å². The Labute approximate surface area is 85.1 Å². The van der Waals surface area contributed by atoms with Crippen molar-refractivity contribution in [1.82, 2.24) is 0 Å². The molecule has 0 spiro atoms. The summed E-state index contributed by atoms with van der Waals surface area (Å²) in [4.78, 5) is 0. The van der Waals surface area contributed by atoms with Crippen molar-refractivity contribution >= 4 is 0 Å². The first-order valence-corrected chi connectivity index (χ1v) is 6.18. The molecule has 0 amide bonds. The van der Waals surface area contributed by atoms with Crippen LogP contribution in [0.5, 0.6) is 0 Å². The molecule has 1 unspecified atom stereocenters. The molecule has 0 aliphatic heterocycles. The van der Waals surface area contributed by atoms with E-state index >= 15 is 0 Å². The van der Waals surface area contributed by atoms with Crippen molar-refractivity contribution in [2.45, 2.75) is 72.1 Å². The summed E-state index contributed by atoms with van der Waals surface area (Å²) in [5, 5.41) is 0. The van der Waals surface area contributed by atoms with Crippen molar-refractivity contribution < 1.29 is 0 Å². The Kier molecular flexibility index (Phi) is 10.1. The van der Waals surface area contributed by atoms with Gasteiger partial charge in [0.15, 0.2) is 0 Å². The third-order valence-corrected chi connectivity index (χ3v) is 2.66. The van der Waals surface area contributed by atoms with E-state index in [1.54, 1.807) is 0 Å². The summed E-state index contributed by atoms with van der Waals surface area (Å²) in [7, 11) is 0. The molecule has 0 heteroatoms. The number of hydrogen-bond acceptors (Lipinski definition) is 0. The van der Waals surface area contributed by atoms with Gasteiger partial charge in [0.25, 0.3) is 0 Å². The van der Waals surface area contributed by atoms with E-state index in [0.717, 1.165) is 5.92 Å². The summed E-state index contributed by atoms with van der Waals surface area (Å²) in [6, 6.07) is 0. The Hall–Kier alpha value is 0. The van der Waals surface area contributed by atoms with Gasteiger partial charge in [-0.3, -0.25) is 0 Å². The van der Waals surface area contributed by atoms with Gasteiger partial charge in [-0.15, -0.1) is 0 Å². The van der Waals surface area contributed by atoms with Crippen LogP contribution in [0.25, 0.3) is 0 Å². The maximum atomic E-state index is 2.51. The molecule has 0 aliphatic rings. The largest absolute Gasteiger partial charge is 0.0654 e. The highest BCUT2D eigenvalue weighted by atomic mass is 14.1. The van der Waals surface area contributed by atoms with Crippen molar-refractivity contribution in [1.29, 1.82) is 0 Å². The maximum Gasteiger partial charge on any atom is -0.0357 e. The van der Waals surface area contributed by atoms with Gasteiger partial charge in [-0.05, 0) is 12.3 Å². The molecule has 1 atom stereocenters. The fourth-order valence-corrected chi connectivity index (χ4v) is 1.92. The molecule has 0 N–H and O–H groups in total. The SMILES string of the molecule is CC[CH]C(CCC)CCCCCC. The van der Waals surface area contributed by atoms with E-state index in [-0.39, 0.29) is 0 Å². The van der Waals surface area contributed by atoms with E-state index in [2.05, 4.69) is 27.2 Å². The van der Waals surface area contributed by atoms with E-state index in [1.165, 1.54) is 51.4 Å². The van der Waals surface area contributed by atoms with Gasteiger partial charge in [0.1, 0.15) is 0 Å². The zero-order valence-electron chi connectivity index (χ0n) is 9.81. The van der Waals surface area contributed by atoms with Crippen molar-refractivity contribution in [3.05, 3.63) is 6.42 Å². The summed E-state index contributed by atoms with van der Waals surface area (Å²) in [6.07, 6.45) is 13.6. The Balaban J connectivity index is 3.33. The van der Waals surface area contributed by atoms with Crippen LogP contribution < -0.4 is 0 Å². The molecule has 0 saturated carbocycles. The van der Waals surface area contributed by atoms with Crippen LogP contribution in [0.1, 0.15) is 72.1 Å². The number of unbranched alkanes of at least 4 members (excludes halogenated alkanes) is 3. The molecular formula is C13H27. The first-order chi connectivity index (χ1) is 6.35. The second kappa shape index (κ2) is 10.1. The normalized spacial score (nSPS) is 11.1. The zero-order chi connectivity index (χ0) is 9.94. The van der Waals surface area contributed by atoms with Gasteiger partial charge in [-0.25, -0.2) is 0 Å². The van der Waals surface area contributed by atoms with Gasteiger partial charge in [-0.2, -0.15) is 0 Å². The van der Waals surface area contributed by atoms with Crippen LogP contribution in [0.2, 0.25) is 0 Å². The van der Waals surface area contributed by atoms with Crippen molar-refractivity contribution in [3.8, 4) is 0 Å². The quantitative estimate of drug-likeness (QED) is 0.442. The summed E-state index contributed by atoms with van der Waals surface area (Å²) in [5.74, 6) is 0.909. The molecule has 0 aromatic carbocycles. The Bertz CT molecular complexity index is 80.0. The van der Waals surface area contributed by atoms with Crippen LogP contribution in [0, 0.1) is 12.3 Å². The van der Waals surface area contributed by atoms with Crippen LogP contribution in [0.15, 0.2) is 0 Å². The van der Waals surface area contributed by atoms with Crippen molar-refractivity contribution in [3.63, 3.8) is 0 Å². The Morgan fingerprint density at radius 3 is 2.15 bits per heavy atom. The second-order valence-electron chi connectivity index (χ2n) is 4.04. The Morgan fingerprint density at radius 1 is 0.846 bits per heavy atom. The maximum absolute atomic E-state index is 2.51. The molecule has 0 fully saturated rings. The lowest BCUT2D eigenvalue weighted by Crippen LogP contribution is -2.00. The fourth-order valence-electron chi connectivity index (χ4n) is 1.92. The number of rotatable bonds is 9. The monoisotopic (exact) mass is 183 g/mol. The van der Waals surface area contributed by atoms with Crippen LogP contribution in [-0.4, -0.2) is 0 Å². The van der Waals surface area contributed by atoms with E-state index in [4.69, 9.17) is 0 Å². The van der Waals surface area contributed by atoms with Gasteiger partial charge in [-0.1, -0.05) is 72.1 Å².